The summed E-state index contributed by atoms with van der Waals surface area (Å²) in [6.07, 6.45) is 0. The first-order chi connectivity index (χ1) is 12.1. The van der Waals surface area contributed by atoms with Gasteiger partial charge in [0.15, 0.2) is 5.96 Å². The number of aliphatic imine (C=N–C) groups is 1. The number of guanidine groups is 1. The van der Waals surface area contributed by atoms with Crippen molar-refractivity contribution in [2.45, 2.75) is 20.1 Å². The standard InChI is InChI=1S/C17H27F2N3O3/c1-4-20-17(21-9-10-24-12-11-23-3)22(2)13-14-5-7-15(8-6-14)25-16(18)19/h5-8,16H,4,9-13H2,1-3H3,(H,20,21). The van der Waals surface area contributed by atoms with Crippen molar-refractivity contribution in [3.63, 3.8) is 0 Å². The van der Waals surface area contributed by atoms with E-state index in [0.29, 0.717) is 32.9 Å². The molecule has 1 rings (SSSR count). The maximum atomic E-state index is 12.2. The van der Waals surface area contributed by atoms with Gasteiger partial charge in [-0.3, -0.25) is 4.99 Å². The van der Waals surface area contributed by atoms with Crippen LogP contribution < -0.4 is 10.1 Å². The second kappa shape index (κ2) is 12.4. The van der Waals surface area contributed by atoms with Gasteiger partial charge >= 0.3 is 6.61 Å². The van der Waals surface area contributed by atoms with E-state index in [1.54, 1.807) is 19.2 Å². The molecule has 0 bridgehead atoms. The highest BCUT2D eigenvalue weighted by molar-refractivity contribution is 5.79. The summed E-state index contributed by atoms with van der Waals surface area (Å²) in [5.41, 5.74) is 0.964. The summed E-state index contributed by atoms with van der Waals surface area (Å²) in [5.74, 6) is 0.904. The molecule has 1 aromatic carbocycles. The number of benzene rings is 1. The van der Waals surface area contributed by atoms with Gasteiger partial charge in [0.1, 0.15) is 5.75 Å². The van der Waals surface area contributed by atoms with Crippen LogP contribution >= 0.6 is 0 Å². The van der Waals surface area contributed by atoms with Crippen LogP contribution in [-0.2, 0) is 16.0 Å². The Bertz CT molecular complexity index is 498. The predicted molar refractivity (Wildman–Crippen MR) is 93.2 cm³/mol. The van der Waals surface area contributed by atoms with Crippen LogP contribution in [0.3, 0.4) is 0 Å². The summed E-state index contributed by atoms with van der Waals surface area (Å²) in [7, 11) is 3.54. The molecule has 142 valence electrons. The average Bonchev–Trinajstić information content (AvgIpc) is 2.58. The lowest BCUT2D eigenvalue weighted by molar-refractivity contribution is -0.0498. The fourth-order valence-corrected chi connectivity index (χ4v) is 2.06. The van der Waals surface area contributed by atoms with Gasteiger partial charge in [0.25, 0.3) is 0 Å². The Kier molecular flexibility index (Phi) is 10.5. The third-order valence-electron chi connectivity index (χ3n) is 3.19. The topological polar surface area (TPSA) is 55.3 Å². The Morgan fingerprint density at radius 2 is 1.92 bits per heavy atom. The van der Waals surface area contributed by atoms with Crippen molar-refractivity contribution in [3.05, 3.63) is 29.8 Å². The van der Waals surface area contributed by atoms with E-state index in [-0.39, 0.29) is 5.75 Å². The lowest BCUT2D eigenvalue weighted by Crippen LogP contribution is -2.38. The summed E-state index contributed by atoms with van der Waals surface area (Å²) in [6, 6.07) is 6.57. The number of hydrogen-bond donors (Lipinski definition) is 1. The number of nitrogens with one attached hydrogen (secondary N) is 1. The third kappa shape index (κ3) is 9.21. The van der Waals surface area contributed by atoms with E-state index in [1.165, 1.54) is 12.1 Å². The molecule has 0 aliphatic rings. The molecule has 0 saturated heterocycles. The van der Waals surface area contributed by atoms with Crippen molar-refractivity contribution in [3.8, 4) is 5.75 Å². The Balaban J connectivity index is 2.52. The van der Waals surface area contributed by atoms with Crippen LogP contribution in [0.5, 0.6) is 5.75 Å². The molecule has 0 radical (unpaired) electrons. The van der Waals surface area contributed by atoms with Gasteiger partial charge in [-0.05, 0) is 24.6 Å². The van der Waals surface area contributed by atoms with Crippen LogP contribution in [0, 0.1) is 0 Å². The summed E-state index contributed by atoms with van der Waals surface area (Å²) in [6.45, 7) is 2.69. The van der Waals surface area contributed by atoms with Gasteiger partial charge in [-0.2, -0.15) is 8.78 Å². The van der Waals surface area contributed by atoms with Crippen LogP contribution in [0.2, 0.25) is 0 Å². The maximum Gasteiger partial charge on any atom is 0.387 e. The highest BCUT2D eigenvalue weighted by Crippen LogP contribution is 2.15. The van der Waals surface area contributed by atoms with Crippen molar-refractivity contribution in [1.82, 2.24) is 10.2 Å². The van der Waals surface area contributed by atoms with Gasteiger partial charge in [-0.25, -0.2) is 0 Å². The monoisotopic (exact) mass is 359 g/mol. The van der Waals surface area contributed by atoms with Gasteiger partial charge < -0.3 is 24.4 Å². The molecule has 0 spiro atoms. The lowest BCUT2D eigenvalue weighted by Gasteiger charge is -2.22. The number of halogens is 2. The fraction of sp³-hybridized carbons (Fsp3) is 0.588. The molecule has 0 aliphatic heterocycles. The minimum absolute atomic E-state index is 0.148. The van der Waals surface area contributed by atoms with Crippen LogP contribution in [0.15, 0.2) is 29.3 Å². The molecule has 0 saturated carbocycles. The number of rotatable bonds is 11. The van der Waals surface area contributed by atoms with E-state index in [2.05, 4.69) is 15.0 Å². The minimum atomic E-state index is -2.81. The number of ether oxygens (including phenoxy) is 3. The van der Waals surface area contributed by atoms with Gasteiger partial charge in [0.05, 0.1) is 26.4 Å². The Labute approximate surface area is 147 Å². The first-order valence-electron chi connectivity index (χ1n) is 8.16. The average molecular weight is 359 g/mol. The molecule has 0 amide bonds. The number of methoxy groups -OCH3 is 1. The summed E-state index contributed by atoms with van der Waals surface area (Å²) < 4.78 is 39.0. The third-order valence-corrected chi connectivity index (χ3v) is 3.19. The van der Waals surface area contributed by atoms with E-state index in [4.69, 9.17) is 9.47 Å². The normalized spacial score (nSPS) is 11.7. The predicted octanol–water partition coefficient (Wildman–Crippen LogP) is 2.35. The molecule has 0 aromatic heterocycles. The highest BCUT2D eigenvalue weighted by atomic mass is 19.3. The van der Waals surface area contributed by atoms with Crippen molar-refractivity contribution in [1.29, 1.82) is 0 Å². The summed E-state index contributed by atoms with van der Waals surface area (Å²) >= 11 is 0. The van der Waals surface area contributed by atoms with E-state index < -0.39 is 6.61 Å². The van der Waals surface area contributed by atoms with Crippen LogP contribution in [-0.4, -0.2) is 64.5 Å². The SMILES string of the molecule is CCNC(=NCCOCCOC)N(C)Cc1ccc(OC(F)F)cc1. The van der Waals surface area contributed by atoms with Crippen molar-refractivity contribution < 1.29 is 23.0 Å². The Morgan fingerprint density at radius 1 is 1.20 bits per heavy atom. The lowest BCUT2D eigenvalue weighted by atomic mass is 10.2. The molecule has 6 nitrogen and oxygen atoms in total. The first kappa shape index (κ1) is 21.1. The zero-order chi connectivity index (χ0) is 18.5. The second-order valence-corrected chi connectivity index (χ2v) is 5.22. The molecule has 0 aliphatic carbocycles. The van der Waals surface area contributed by atoms with Gasteiger partial charge in [-0.1, -0.05) is 12.1 Å². The zero-order valence-corrected chi connectivity index (χ0v) is 15.0. The zero-order valence-electron chi connectivity index (χ0n) is 15.0. The number of hydrogen-bond acceptors (Lipinski definition) is 4. The summed E-state index contributed by atoms with van der Waals surface area (Å²) in [5, 5.41) is 3.21. The number of alkyl halides is 2. The molecule has 1 N–H and O–H groups in total. The van der Waals surface area contributed by atoms with Gasteiger partial charge in [0.2, 0.25) is 0 Å². The maximum absolute atomic E-state index is 12.2. The van der Waals surface area contributed by atoms with Crippen LogP contribution in [0.1, 0.15) is 12.5 Å². The van der Waals surface area contributed by atoms with E-state index in [9.17, 15) is 8.78 Å². The summed E-state index contributed by atoms with van der Waals surface area (Å²) in [4.78, 5) is 6.47. The molecule has 0 fully saturated rings. The molecular weight excluding hydrogens is 332 g/mol. The smallest absolute Gasteiger partial charge is 0.387 e. The largest absolute Gasteiger partial charge is 0.435 e. The van der Waals surface area contributed by atoms with Crippen LogP contribution in [0.25, 0.3) is 0 Å². The highest BCUT2D eigenvalue weighted by Gasteiger charge is 2.08. The minimum Gasteiger partial charge on any atom is -0.435 e. The molecule has 25 heavy (non-hydrogen) atoms. The van der Waals surface area contributed by atoms with E-state index in [1.807, 2.05) is 18.9 Å². The van der Waals surface area contributed by atoms with Crippen molar-refractivity contribution >= 4 is 5.96 Å². The quantitative estimate of drug-likeness (QED) is 0.373. The number of nitrogens with zero attached hydrogens (tertiary/aromatic N) is 2. The molecule has 1 aromatic rings. The van der Waals surface area contributed by atoms with E-state index >= 15 is 0 Å². The van der Waals surface area contributed by atoms with Gasteiger partial charge in [0, 0.05) is 27.2 Å². The fourth-order valence-electron chi connectivity index (χ4n) is 2.06. The molecule has 0 atom stereocenters. The molecule has 0 heterocycles. The van der Waals surface area contributed by atoms with Crippen LogP contribution in [0.4, 0.5) is 8.78 Å². The molecule has 8 heteroatoms. The molecule has 0 unspecified atom stereocenters. The Hall–Kier alpha value is -1.93. The second-order valence-electron chi connectivity index (χ2n) is 5.22. The van der Waals surface area contributed by atoms with Crippen molar-refractivity contribution in [2.75, 3.05) is 47.1 Å². The molecular formula is C17H27F2N3O3. The Morgan fingerprint density at radius 3 is 2.52 bits per heavy atom. The van der Waals surface area contributed by atoms with Gasteiger partial charge in [-0.15, -0.1) is 0 Å². The van der Waals surface area contributed by atoms with E-state index in [0.717, 1.165) is 18.1 Å². The first-order valence-corrected chi connectivity index (χ1v) is 8.16. The van der Waals surface area contributed by atoms with Crippen molar-refractivity contribution in [2.24, 2.45) is 4.99 Å².